The minimum absolute atomic E-state index is 0.328. The Balaban J connectivity index is 2.08. The number of anilines is 2. The van der Waals surface area contributed by atoms with E-state index < -0.39 is 0 Å². The lowest BCUT2D eigenvalue weighted by atomic mass is 9.97. The fourth-order valence-corrected chi connectivity index (χ4v) is 2.39. The van der Waals surface area contributed by atoms with E-state index in [2.05, 4.69) is 17.9 Å². The molecule has 1 aromatic carbocycles. The number of nitrogen functional groups attached to an aromatic ring is 1. The number of nitrogens with two attached hydrogens (primary N) is 1. The van der Waals surface area contributed by atoms with E-state index in [1.165, 1.54) is 11.3 Å². The van der Waals surface area contributed by atoms with Gasteiger partial charge in [0, 0.05) is 31.1 Å². The highest BCUT2D eigenvalue weighted by Crippen LogP contribution is 2.27. The maximum atomic E-state index is 9.10. The third-order valence-corrected chi connectivity index (χ3v) is 3.43. The van der Waals surface area contributed by atoms with E-state index in [4.69, 9.17) is 10.8 Å². The molecule has 3 N–H and O–H groups in total. The third kappa shape index (κ3) is 2.30. The summed E-state index contributed by atoms with van der Waals surface area (Å²) in [7, 11) is 0. The van der Waals surface area contributed by atoms with E-state index >= 15 is 0 Å². The Kier molecular flexibility index (Phi) is 3.34. The average molecular weight is 220 g/mol. The molecule has 0 amide bonds. The Morgan fingerprint density at radius 3 is 2.62 bits per heavy atom. The van der Waals surface area contributed by atoms with E-state index in [0.29, 0.717) is 12.5 Å². The first kappa shape index (κ1) is 11.3. The minimum atomic E-state index is 0.328. The Morgan fingerprint density at radius 1 is 1.38 bits per heavy atom. The molecule has 88 valence electrons. The van der Waals surface area contributed by atoms with E-state index in [1.807, 2.05) is 12.1 Å². The summed E-state index contributed by atoms with van der Waals surface area (Å²) in [6.07, 6.45) is 2.17. The van der Waals surface area contributed by atoms with Crippen LogP contribution in [0.1, 0.15) is 18.4 Å². The molecule has 1 fully saturated rings. The topological polar surface area (TPSA) is 49.5 Å². The van der Waals surface area contributed by atoms with Crippen molar-refractivity contribution >= 4 is 11.4 Å². The number of piperidine rings is 1. The Morgan fingerprint density at radius 2 is 2.06 bits per heavy atom. The van der Waals surface area contributed by atoms with Gasteiger partial charge in [0.05, 0.1) is 0 Å². The van der Waals surface area contributed by atoms with Crippen LogP contribution in [0.25, 0.3) is 0 Å². The largest absolute Gasteiger partial charge is 0.399 e. The molecule has 0 spiro atoms. The highest BCUT2D eigenvalue weighted by Gasteiger charge is 2.19. The van der Waals surface area contributed by atoms with Crippen molar-refractivity contribution in [1.29, 1.82) is 0 Å². The number of nitrogens with zero attached hydrogens (tertiary/aromatic N) is 1. The van der Waals surface area contributed by atoms with Crippen LogP contribution in [0.4, 0.5) is 11.4 Å². The number of benzene rings is 1. The molecule has 0 radical (unpaired) electrons. The van der Waals surface area contributed by atoms with Crippen LogP contribution in [0.5, 0.6) is 0 Å². The van der Waals surface area contributed by atoms with E-state index in [-0.39, 0.29) is 0 Å². The molecule has 2 rings (SSSR count). The van der Waals surface area contributed by atoms with Crippen molar-refractivity contribution in [3.63, 3.8) is 0 Å². The number of aliphatic hydroxyl groups is 1. The Bertz CT molecular complexity index is 357. The van der Waals surface area contributed by atoms with Crippen LogP contribution in [0.3, 0.4) is 0 Å². The molecule has 0 aliphatic carbocycles. The summed E-state index contributed by atoms with van der Waals surface area (Å²) in [6.45, 7) is 4.50. The van der Waals surface area contributed by atoms with Gasteiger partial charge in [-0.1, -0.05) is 0 Å². The number of aliphatic hydroxyl groups excluding tert-OH is 1. The second-order valence-corrected chi connectivity index (χ2v) is 4.66. The first-order chi connectivity index (χ1) is 7.70. The molecule has 0 saturated carbocycles. The third-order valence-electron chi connectivity index (χ3n) is 3.43. The summed E-state index contributed by atoms with van der Waals surface area (Å²) in [5.74, 6) is 0.491. The summed E-state index contributed by atoms with van der Waals surface area (Å²) in [4.78, 5) is 2.39. The first-order valence-electron chi connectivity index (χ1n) is 5.92. The van der Waals surface area contributed by atoms with Gasteiger partial charge in [0.1, 0.15) is 0 Å². The van der Waals surface area contributed by atoms with Crippen molar-refractivity contribution in [1.82, 2.24) is 0 Å². The van der Waals surface area contributed by atoms with Gasteiger partial charge in [0.25, 0.3) is 0 Å². The normalized spacial score (nSPS) is 17.8. The van der Waals surface area contributed by atoms with Gasteiger partial charge in [-0.15, -0.1) is 0 Å². The smallest absolute Gasteiger partial charge is 0.0460 e. The molecule has 1 saturated heterocycles. The van der Waals surface area contributed by atoms with Crippen LogP contribution in [-0.4, -0.2) is 24.8 Å². The quantitative estimate of drug-likeness (QED) is 0.747. The highest BCUT2D eigenvalue weighted by molar-refractivity contribution is 5.59. The van der Waals surface area contributed by atoms with Gasteiger partial charge < -0.3 is 15.7 Å². The monoisotopic (exact) mass is 220 g/mol. The van der Waals surface area contributed by atoms with Crippen molar-refractivity contribution < 1.29 is 5.11 Å². The van der Waals surface area contributed by atoms with Crippen molar-refractivity contribution in [2.45, 2.75) is 19.8 Å². The minimum Gasteiger partial charge on any atom is -0.399 e. The molecule has 3 heteroatoms. The standard InChI is InChI=1S/C13H20N2O/c1-10-8-12(14)2-3-13(10)15-6-4-11(9-16)5-7-15/h2-3,8,11,16H,4-7,9,14H2,1H3. The van der Waals surface area contributed by atoms with Gasteiger partial charge in [-0.2, -0.15) is 0 Å². The van der Waals surface area contributed by atoms with Crippen molar-refractivity contribution in [2.24, 2.45) is 5.92 Å². The van der Waals surface area contributed by atoms with Crippen LogP contribution in [0.2, 0.25) is 0 Å². The number of rotatable bonds is 2. The van der Waals surface area contributed by atoms with Crippen LogP contribution >= 0.6 is 0 Å². The average Bonchev–Trinajstić information content (AvgIpc) is 2.29. The fraction of sp³-hybridized carbons (Fsp3) is 0.538. The first-order valence-corrected chi connectivity index (χ1v) is 5.92. The Hall–Kier alpha value is -1.22. The molecule has 1 aromatic rings. The van der Waals surface area contributed by atoms with Gasteiger partial charge in [-0.25, -0.2) is 0 Å². The molecule has 3 nitrogen and oxygen atoms in total. The zero-order valence-corrected chi connectivity index (χ0v) is 9.82. The molecule has 1 heterocycles. The van der Waals surface area contributed by atoms with Gasteiger partial charge in [-0.05, 0) is 49.4 Å². The van der Waals surface area contributed by atoms with Crippen molar-refractivity contribution in [3.05, 3.63) is 23.8 Å². The molecular formula is C13H20N2O. The fourth-order valence-electron chi connectivity index (χ4n) is 2.39. The lowest BCUT2D eigenvalue weighted by Crippen LogP contribution is -2.35. The van der Waals surface area contributed by atoms with Gasteiger partial charge >= 0.3 is 0 Å². The SMILES string of the molecule is Cc1cc(N)ccc1N1CCC(CO)CC1. The maximum Gasteiger partial charge on any atom is 0.0460 e. The molecule has 1 aliphatic rings. The van der Waals surface area contributed by atoms with Crippen molar-refractivity contribution in [3.8, 4) is 0 Å². The summed E-state index contributed by atoms with van der Waals surface area (Å²) in [5, 5.41) is 9.10. The predicted molar refractivity (Wildman–Crippen MR) is 67.6 cm³/mol. The van der Waals surface area contributed by atoms with Gasteiger partial charge in [0.15, 0.2) is 0 Å². The number of aryl methyl sites for hydroxylation is 1. The summed E-state index contributed by atoms with van der Waals surface area (Å²) in [5.41, 5.74) is 9.10. The lowest BCUT2D eigenvalue weighted by molar-refractivity contribution is 0.203. The summed E-state index contributed by atoms with van der Waals surface area (Å²) in [6, 6.07) is 6.08. The molecule has 0 bridgehead atoms. The zero-order chi connectivity index (χ0) is 11.5. The number of hydrogen-bond acceptors (Lipinski definition) is 3. The van der Waals surface area contributed by atoms with E-state index in [1.54, 1.807) is 0 Å². The highest BCUT2D eigenvalue weighted by atomic mass is 16.3. The zero-order valence-electron chi connectivity index (χ0n) is 9.82. The van der Waals surface area contributed by atoms with Crippen LogP contribution in [0.15, 0.2) is 18.2 Å². The molecule has 0 aromatic heterocycles. The van der Waals surface area contributed by atoms with Gasteiger partial charge in [-0.3, -0.25) is 0 Å². The van der Waals surface area contributed by atoms with E-state index in [0.717, 1.165) is 31.6 Å². The molecule has 0 atom stereocenters. The lowest BCUT2D eigenvalue weighted by Gasteiger charge is -2.33. The van der Waals surface area contributed by atoms with E-state index in [9.17, 15) is 0 Å². The summed E-state index contributed by atoms with van der Waals surface area (Å²) < 4.78 is 0. The number of hydrogen-bond donors (Lipinski definition) is 2. The van der Waals surface area contributed by atoms with Crippen LogP contribution in [-0.2, 0) is 0 Å². The maximum absolute atomic E-state index is 9.10. The Labute approximate surface area is 96.9 Å². The predicted octanol–water partition coefficient (Wildman–Crippen LogP) is 1.79. The molecular weight excluding hydrogens is 200 g/mol. The van der Waals surface area contributed by atoms with Crippen molar-refractivity contribution in [2.75, 3.05) is 30.3 Å². The van der Waals surface area contributed by atoms with Crippen LogP contribution < -0.4 is 10.6 Å². The van der Waals surface area contributed by atoms with Crippen LogP contribution in [0, 0.1) is 12.8 Å². The molecule has 16 heavy (non-hydrogen) atoms. The molecule has 1 aliphatic heterocycles. The summed E-state index contributed by atoms with van der Waals surface area (Å²) >= 11 is 0. The molecule has 0 unspecified atom stereocenters. The van der Waals surface area contributed by atoms with Gasteiger partial charge in [0.2, 0.25) is 0 Å². The second kappa shape index (κ2) is 4.74. The second-order valence-electron chi connectivity index (χ2n) is 4.66.